The second-order valence-corrected chi connectivity index (χ2v) is 7.38. The van der Waals surface area contributed by atoms with E-state index in [1.807, 2.05) is 24.4 Å². The molecule has 0 radical (unpaired) electrons. The fourth-order valence-corrected chi connectivity index (χ4v) is 3.95. The van der Waals surface area contributed by atoms with Gasteiger partial charge < -0.3 is 0 Å². The highest BCUT2D eigenvalue weighted by molar-refractivity contribution is 9.10. The zero-order valence-corrected chi connectivity index (χ0v) is 14.4. The molecular formula is C18H19BrFN3. The van der Waals surface area contributed by atoms with Crippen molar-refractivity contribution < 1.29 is 4.39 Å². The number of hydrogen-bond acceptors (Lipinski definition) is 3. The lowest BCUT2D eigenvalue weighted by atomic mass is 9.86. The first kappa shape index (κ1) is 15.2. The molecule has 0 saturated carbocycles. The zero-order valence-electron chi connectivity index (χ0n) is 12.8. The molecule has 23 heavy (non-hydrogen) atoms. The molecule has 2 unspecified atom stereocenters. The lowest BCUT2D eigenvalue weighted by Crippen LogP contribution is -2.67. The van der Waals surface area contributed by atoms with Crippen LogP contribution in [0.3, 0.4) is 0 Å². The summed E-state index contributed by atoms with van der Waals surface area (Å²) in [6.45, 7) is 3.71. The lowest BCUT2D eigenvalue weighted by molar-refractivity contribution is -0.0781. The maximum absolute atomic E-state index is 13.8. The van der Waals surface area contributed by atoms with Gasteiger partial charge in [-0.2, -0.15) is 0 Å². The van der Waals surface area contributed by atoms with Gasteiger partial charge in [-0.3, -0.25) is 14.8 Å². The zero-order chi connectivity index (χ0) is 15.8. The summed E-state index contributed by atoms with van der Waals surface area (Å²) in [5.74, 6) is -0.0895. The average Bonchev–Trinajstić information content (AvgIpc) is 2.56. The smallest absolute Gasteiger partial charge is 0.127 e. The Morgan fingerprint density at radius 1 is 1.09 bits per heavy atom. The first-order chi connectivity index (χ1) is 11.2. The van der Waals surface area contributed by atoms with Gasteiger partial charge in [0.2, 0.25) is 0 Å². The Labute approximate surface area is 144 Å². The molecule has 5 heteroatoms. The summed E-state index contributed by atoms with van der Waals surface area (Å²) in [5.41, 5.74) is 1.92. The van der Waals surface area contributed by atoms with Crippen molar-refractivity contribution in [2.45, 2.75) is 31.6 Å². The van der Waals surface area contributed by atoms with Gasteiger partial charge in [-0.25, -0.2) is 4.39 Å². The molecule has 1 aromatic heterocycles. The summed E-state index contributed by atoms with van der Waals surface area (Å²) in [6, 6.07) is 12.3. The van der Waals surface area contributed by atoms with Crippen molar-refractivity contribution in [2.24, 2.45) is 0 Å². The fourth-order valence-electron chi connectivity index (χ4n) is 3.71. The first-order valence-electron chi connectivity index (χ1n) is 8.01. The molecule has 3 aliphatic rings. The molecule has 2 aromatic rings. The standard InChI is InChI=1S/C18H19BrFN3/c19-14-5-6-15(21-8-14)10-22-11-16-7-17(12-22)23(16)9-13-3-1-2-4-18(13)20/h1-6,8,16-17H,7,9-12H2. The summed E-state index contributed by atoms with van der Waals surface area (Å²) >= 11 is 3.42. The van der Waals surface area contributed by atoms with Gasteiger partial charge in [0.1, 0.15) is 5.82 Å². The number of pyridine rings is 1. The van der Waals surface area contributed by atoms with Gasteiger partial charge in [-0.05, 0) is 40.5 Å². The van der Waals surface area contributed by atoms with E-state index in [4.69, 9.17) is 0 Å². The van der Waals surface area contributed by atoms with Crippen molar-refractivity contribution in [3.8, 4) is 0 Å². The molecule has 120 valence electrons. The van der Waals surface area contributed by atoms with Crippen molar-refractivity contribution in [1.82, 2.24) is 14.8 Å². The summed E-state index contributed by atoms with van der Waals surface area (Å²) in [5, 5.41) is 0. The SMILES string of the molecule is Fc1ccccc1CN1C2CC1CN(Cc1ccc(Br)cn1)C2. The molecule has 3 fully saturated rings. The second-order valence-electron chi connectivity index (χ2n) is 6.47. The number of fused-ring (bicyclic) bond motifs is 2. The van der Waals surface area contributed by atoms with Crippen LogP contribution in [0.1, 0.15) is 17.7 Å². The van der Waals surface area contributed by atoms with Gasteiger partial charge in [0.05, 0.1) is 5.69 Å². The van der Waals surface area contributed by atoms with Crippen LogP contribution in [0.4, 0.5) is 4.39 Å². The molecule has 0 spiro atoms. The van der Waals surface area contributed by atoms with Crippen LogP contribution in [0.2, 0.25) is 0 Å². The van der Waals surface area contributed by atoms with Crippen molar-refractivity contribution in [2.75, 3.05) is 13.1 Å². The number of aromatic nitrogens is 1. The number of rotatable bonds is 4. The Balaban J connectivity index is 1.37. The third-order valence-corrected chi connectivity index (χ3v) is 5.37. The number of hydrogen-bond donors (Lipinski definition) is 0. The molecule has 5 rings (SSSR count). The van der Waals surface area contributed by atoms with Crippen molar-refractivity contribution in [3.63, 3.8) is 0 Å². The second kappa shape index (κ2) is 6.30. The average molecular weight is 376 g/mol. The Kier molecular flexibility index (Phi) is 4.18. The Hall–Kier alpha value is -1.30. The van der Waals surface area contributed by atoms with Gasteiger partial charge in [0.25, 0.3) is 0 Å². The lowest BCUT2D eigenvalue weighted by Gasteiger charge is -2.56. The third kappa shape index (κ3) is 3.18. The molecule has 1 aromatic carbocycles. The summed E-state index contributed by atoms with van der Waals surface area (Å²) in [6.07, 6.45) is 3.09. The monoisotopic (exact) mass is 375 g/mol. The van der Waals surface area contributed by atoms with Crippen LogP contribution >= 0.6 is 15.9 Å². The quantitative estimate of drug-likeness (QED) is 0.815. The minimum absolute atomic E-state index is 0.0895. The minimum atomic E-state index is -0.0895. The molecule has 3 nitrogen and oxygen atoms in total. The Morgan fingerprint density at radius 3 is 2.57 bits per heavy atom. The highest BCUT2D eigenvalue weighted by Crippen LogP contribution is 2.34. The summed E-state index contributed by atoms with van der Waals surface area (Å²) in [4.78, 5) is 9.37. The topological polar surface area (TPSA) is 19.4 Å². The predicted octanol–water partition coefficient (Wildman–Crippen LogP) is 3.44. The molecule has 0 amide bonds. The predicted molar refractivity (Wildman–Crippen MR) is 91.4 cm³/mol. The van der Waals surface area contributed by atoms with Gasteiger partial charge in [0, 0.05) is 54.5 Å². The number of nitrogens with zero attached hydrogens (tertiary/aromatic N) is 3. The fraction of sp³-hybridized carbons (Fsp3) is 0.389. The van der Waals surface area contributed by atoms with Gasteiger partial charge in [0.15, 0.2) is 0 Å². The maximum Gasteiger partial charge on any atom is 0.127 e. The van der Waals surface area contributed by atoms with E-state index < -0.39 is 0 Å². The van der Waals surface area contributed by atoms with E-state index in [1.54, 1.807) is 12.1 Å². The van der Waals surface area contributed by atoms with Crippen LogP contribution in [-0.4, -0.2) is 40.0 Å². The molecular weight excluding hydrogens is 357 g/mol. The Bertz CT molecular complexity index is 679. The van der Waals surface area contributed by atoms with Crippen LogP contribution in [0.5, 0.6) is 0 Å². The highest BCUT2D eigenvalue weighted by Gasteiger charge is 2.44. The van der Waals surface area contributed by atoms with Gasteiger partial charge in [-0.15, -0.1) is 0 Å². The molecule has 4 heterocycles. The highest BCUT2D eigenvalue weighted by atomic mass is 79.9. The van der Waals surface area contributed by atoms with Gasteiger partial charge in [-0.1, -0.05) is 18.2 Å². The summed E-state index contributed by atoms with van der Waals surface area (Å²) in [7, 11) is 0. The Morgan fingerprint density at radius 2 is 1.87 bits per heavy atom. The molecule has 3 saturated heterocycles. The first-order valence-corrected chi connectivity index (χ1v) is 8.80. The molecule has 3 aliphatic heterocycles. The van der Waals surface area contributed by atoms with E-state index in [1.165, 1.54) is 6.42 Å². The van der Waals surface area contributed by atoms with Crippen molar-refractivity contribution >= 4 is 15.9 Å². The molecule has 2 atom stereocenters. The maximum atomic E-state index is 13.8. The largest absolute Gasteiger partial charge is 0.294 e. The number of piperidine rings is 1. The van der Waals surface area contributed by atoms with E-state index in [0.29, 0.717) is 12.1 Å². The van der Waals surface area contributed by atoms with Gasteiger partial charge >= 0.3 is 0 Å². The number of benzene rings is 1. The van der Waals surface area contributed by atoms with Crippen LogP contribution in [0, 0.1) is 5.82 Å². The van der Waals surface area contributed by atoms with Crippen molar-refractivity contribution in [1.29, 1.82) is 0 Å². The summed E-state index contributed by atoms with van der Waals surface area (Å²) < 4.78 is 14.8. The van der Waals surface area contributed by atoms with Crippen LogP contribution < -0.4 is 0 Å². The van der Waals surface area contributed by atoms with E-state index in [0.717, 1.165) is 41.9 Å². The molecule has 2 bridgehead atoms. The van der Waals surface area contributed by atoms with E-state index in [9.17, 15) is 4.39 Å². The van der Waals surface area contributed by atoms with Crippen molar-refractivity contribution in [3.05, 3.63) is 64.1 Å². The molecule has 0 aliphatic carbocycles. The number of piperazine rings is 1. The van der Waals surface area contributed by atoms with E-state index >= 15 is 0 Å². The third-order valence-electron chi connectivity index (χ3n) is 4.91. The number of halogens is 2. The normalized spacial score (nSPS) is 24.4. The van der Waals surface area contributed by atoms with E-state index in [-0.39, 0.29) is 5.82 Å². The minimum Gasteiger partial charge on any atom is -0.294 e. The van der Waals surface area contributed by atoms with E-state index in [2.05, 4.69) is 36.8 Å². The van der Waals surface area contributed by atoms with Crippen LogP contribution in [-0.2, 0) is 13.1 Å². The van der Waals surface area contributed by atoms with Crippen LogP contribution in [0.25, 0.3) is 0 Å². The van der Waals surface area contributed by atoms with Crippen LogP contribution in [0.15, 0.2) is 47.1 Å². The molecule has 0 N–H and O–H groups in total.